The third-order valence-corrected chi connectivity index (χ3v) is 6.16. The van der Waals surface area contributed by atoms with Gasteiger partial charge in [0.2, 0.25) is 0 Å². The smallest absolute Gasteiger partial charge is 0.151 e. The lowest BCUT2D eigenvalue weighted by molar-refractivity contribution is 0.192. The molecule has 1 heterocycles. The molecule has 1 saturated heterocycles. The molecule has 0 bridgehead atoms. The summed E-state index contributed by atoms with van der Waals surface area (Å²) in [6.07, 6.45) is 3.95. The van der Waals surface area contributed by atoms with Crippen LogP contribution in [0.5, 0.6) is 5.75 Å². The van der Waals surface area contributed by atoms with Crippen molar-refractivity contribution in [2.75, 3.05) is 24.6 Å². The molecule has 4 nitrogen and oxygen atoms in total. The third-order valence-electron chi connectivity index (χ3n) is 4.44. The zero-order valence-electron chi connectivity index (χ0n) is 11.6. The summed E-state index contributed by atoms with van der Waals surface area (Å²) in [4.78, 5) is 2.29. The fourth-order valence-corrected chi connectivity index (χ4v) is 4.70. The van der Waals surface area contributed by atoms with Gasteiger partial charge in [0.05, 0.1) is 11.5 Å². The molecule has 1 fully saturated rings. The van der Waals surface area contributed by atoms with Gasteiger partial charge in [-0.3, -0.25) is 4.90 Å². The van der Waals surface area contributed by atoms with E-state index in [1.165, 1.54) is 11.1 Å². The first-order valence-corrected chi connectivity index (χ1v) is 9.13. The molecule has 1 aromatic rings. The first kappa shape index (κ1) is 13.9. The van der Waals surface area contributed by atoms with Gasteiger partial charge in [0.15, 0.2) is 9.84 Å². The van der Waals surface area contributed by atoms with Crippen molar-refractivity contribution >= 4 is 9.84 Å². The number of phenols is 1. The van der Waals surface area contributed by atoms with Crippen LogP contribution in [0.3, 0.4) is 0 Å². The van der Waals surface area contributed by atoms with Crippen molar-refractivity contribution in [3.63, 3.8) is 0 Å². The minimum Gasteiger partial charge on any atom is -0.508 e. The summed E-state index contributed by atoms with van der Waals surface area (Å²) in [5, 5.41) is 9.73. The highest BCUT2D eigenvalue weighted by Gasteiger charge is 2.29. The van der Waals surface area contributed by atoms with Crippen molar-refractivity contribution in [1.29, 1.82) is 0 Å². The molecule has 1 unspecified atom stereocenters. The molecule has 0 radical (unpaired) electrons. The standard InChI is InChI=1S/C15H21NO3S/c17-13-6-5-12-3-1-4-15(14(12)11-13)16-7-2-9-20(18,19)10-8-16/h5-6,11,15,17H,1-4,7-10H2. The number of sulfone groups is 1. The van der Waals surface area contributed by atoms with Gasteiger partial charge in [-0.25, -0.2) is 8.42 Å². The fraction of sp³-hybridized carbons (Fsp3) is 0.600. The number of benzene rings is 1. The minimum absolute atomic E-state index is 0.262. The van der Waals surface area contributed by atoms with E-state index < -0.39 is 9.84 Å². The summed E-state index contributed by atoms with van der Waals surface area (Å²) in [5.74, 6) is 0.874. The van der Waals surface area contributed by atoms with E-state index in [1.54, 1.807) is 6.07 Å². The van der Waals surface area contributed by atoms with Gasteiger partial charge >= 0.3 is 0 Å². The predicted molar refractivity (Wildman–Crippen MR) is 78.6 cm³/mol. The Bertz CT molecular complexity index is 597. The van der Waals surface area contributed by atoms with E-state index >= 15 is 0 Å². The van der Waals surface area contributed by atoms with Crippen molar-refractivity contribution in [3.8, 4) is 5.75 Å². The van der Waals surface area contributed by atoms with Crippen molar-refractivity contribution in [2.24, 2.45) is 0 Å². The molecule has 3 rings (SSSR count). The highest BCUT2D eigenvalue weighted by atomic mass is 32.2. The molecular formula is C15H21NO3S. The van der Waals surface area contributed by atoms with Gasteiger partial charge in [0, 0.05) is 12.6 Å². The van der Waals surface area contributed by atoms with Gasteiger partial charge in [0.1, 0.15) is 5.75 Å². The molecule has 1 N–H and O–H groups in total. The van der Waals surface area contributed by atoms with Crippen molar-refractivity contribution in [2.45, 2.75) is 31.7 Å². The lowest BCUT2D eigenvalue weighted by Gasteiger charge is -2.35. The van der Waals surface area contributed by atoms with E-state index in [2.05, 4.69) is 4.90 Å². The summed E-state index contributed by atoms with van der Waals surface area (Å²) in [6, 6.07) is 5.87. The molecule has 0 saturated carbocycles. The molecule has 0 amide bonds. The average molecular weight is 295 g/mol. The molecule has 0 aromatic heterocycles. The Kier molecular flexibility index (Phi) is 3.73. The third kappa shape index (κ3) is 2.83. The quantitative estimate of drug-likeness (QED) is 0.859. The van der Waals surface area contributed by atoms with Crippen LogP contribution in [-0.4, -0.2) is 43.0 Å². The number of rotatable bonds is 1. The number of fused-ring (bicyclic) bond motifs is 1. The maximum Gasteiger partial charge on any atom is 0.151 e. The topological polar surface area (TPSA) is 57.6 Å². The molecule has 0 spiro atoms. The highest BCUT2D eigenvalue weighted by molar-refractivity contribution is 7.91. The van der Waals surface area contributed by atoms with Gasteiger partial charge in [-0.15, -0.1) is 0 Å². The van der Waals surface area contributed by atoms with Crippen LogP contribution in [0.4, 0.5) is 0 Å². The Morgan fingerprint density at radius 1 is 1.15 bits per heavy atom. The normalized spacial score (nSPS) is 26.7. The van der Waals surface area contributed by atoms with Gasteiger partial charge in [0.25, 0.3) is 0 Å². The summed E-state index contributed by atoms with van der Waals surface area (Å²) in [6.45, 7) is 1.45. The van der Waals surface area contributed by atoms with Crippen molar-refractivity contribution in [1.82, 2.24) is 4.90 Å². The van der Waals surface area contributed by atoms with E-state index in [0.29, 0.717) is 24.5 Å². The lowest BCUT2D eigenvalue weighted by Crippen LogP contribution is -2.33. The first-order valence-electron chi connectivity index (χ1n) is 7.31. The number of hydrogen-bond donors (Lipinski definition) is 1. The summed E-state index contributed by atoms with van der Waals surface area (Å²) >= 11 is 0. The molecule has 20 heavy (non-hydrogen) atoms. The van der Waals surface area contributed by atoms with Gasteiger partial charge in [-0.05, 0) is 55.5 Å². The van der Waals surface area contributed by atoms with Crippen LogP contribution in [0.1, 0.15) is 36.4 Å². The molecule has 5 heteroatoms. The average Bonchev–Trinajstić information content (AvgIpc) is 2.59. The zero-order valence-corrected chi connectivity index (χ0v) is 12.4. The molecule has 1 aromatic carbocycles. The fourth-order valence-electron chi connectivity index (χ4n) is 3.41. The van der Waals surface area contributed by atoms with Crippen LogP contribution < -0.4 is 0 Å². The Balaban J connectivity index is 1.87. The molecule has 110 valence electrons. The molecule has 1 atom stereocenters. The van der Waals surface area contributed by atoms with E-state index in [-0.39, 0.29) is 11.8 Å². The van der Waals surface area contributed by atoms with Crippen LogP contribution in [0, 0.1) is 0 Å². The summed E-state index contributed by atoms with van der Waals surface area (Å²) < 4.78 is 23.5. The second kappa shape index (κ2) is 5.37. The largest absolute Gasteiger partial charge is 0.508 e. The number of nitrogens with zero attached hydrogens (tertiary/aromatic N) is 1. The van der Waals surface area contributed by atoms with Crippen LogP contribution in [0.15, 0.2) is 18.2 Å². The van der Waals surface area contributed by atoms with Crippen LogP contribution in [0.25, 0.3) is 0 Å². The van der Waals surface area contributed by atoms with Crippen molar-refractivity contribution < 1.29 is 13.5 Å². The van der Waals surface area contributed by atoms with Gasteiger partial charge in [-0.2, -0.15) is 0 Å². The Morgan fingerprint density at radius 3 is 2.85 bits per heavy atom. The van der Waals surface area contributed by atoms with E-state index in [0.717, 1.165) is 25.8 Å². The number of phenolic OH excluding ortho intramolecular Hbond substituents is 1. The monoisotopic (exact) mass is 295 g/mol. The van der Waals surface area contributed by atoms with E-state index in [9.17, 15) is 13.5 Å². The Labute approximate surface area is 120 Å². The van der Waals surface area contributed by atoms with E-state index in [1.807, 2.05) is 12.1 Å². The SMILES string of the molecule is O=S1(=O)CCCN(C2CCCc3ccc(O)cc32)CC1. The minimum atomic E-state index is -2.87. The number of aromatic hydroxyl groups is 1. The van der Waals surface area contributed by atoms with Crippen molar-refractivity contribution in [3.05, 3.63) is 29.3 Å². The summed E-state index contributed by atoms with van der Waals surface area (Å²) in [7, 11) is -2.87. The lowest BCUT2D eigenvalue weighted by atomic mass is 9.86. The Morgan fingerprint density at radius 2 is 2.00 bits per heavy atom. The molecule has 1 aliphatic heterocycles. The highest BCUT2D eigenvalue weighted by Crippen LogP contribution is 2.36. The molecular weight excluding hydrogens is 274 g/mol. The summed E-state index contributed by atoms with van der Waals surface area (Å²) in [5.41, 5.74) is 2.49. The second-order valence-corrected chi connectivity index (χ2v) is 8.14. The number of aryl methyl sites for hydroxylation is 1. The first-order chi connectivity index (χ1) is 9.55. The number of hydrogen-bond acceptors (Lipinski definition) is 4. The Hall–Kier alpha value is -1.07. The predicted octanol–water partition coefficient (Wildman–Crippen LogP) is 1.89. The van der Waals surface area contributed by atoms with Gasteiger partial charge in [-0.1, -0.05) is 6.07 Å². The van der Waals surface area contributed by atoms with Gasteiger partial charge < -0.3 is 5.11 Å². The maximum atomic E-state index is 11.7. The zero-order chi connectivity index (χ0) is 14.2. The van der Waals surface area contributed by atoms with Crippen LogP contribution >= 0.6 is 0 Å². The van der Waals surface area contributed by atoms with Crippen LogP contribution in [0.2, 0.25) is 0 Å². The van der Waals surface area contributed by atoms with E-state index in [4.69, 9.17) is 0 Å². The molecule has 2 aliphatic rings. The maximum absolute atomic E-state index is 11.7. The second-order valence-electron chi connectivity index (χ2n) is 5.83. The molecule has 1 aliphatic carbocycles. The van der Waals surface area contributed by atoms with Crippen LogP contribution in [-0.2, 0) is 16.3 Å².